The molecule has 0 aromatic rings. The molecule has 1 unspecified atom stereocenters. The van der Waals surface area contributed by atoms with Gasteiger partial charge in [-0.3, -0.25) is 14.4 Å². The molecular formula is C67H126O6. The molecular weight excluding hydrogens is 901 g/mol. The molecule has 1 atom stereocenters. The fourth-order valence-electron chi connectivity index (χ4n) is 10.0. The first-order valence-electron chi connectivity index (χ1n) is 32.8. The highest BCUT2D eigenvalue weighted by atomic mass is 16.6. The Labute approximate surface area is 455 Å². The van der Waals surface area contributed by atoms with Crippen molar-refractivity contribution in [2.24, 2.45) is 0 Å². The summed E-state index contributed by atoms with van der Waals surface area (Å²) in [5.41, 5.74) is 0. The lowest BCUT2D eigenvalue weighted by Gasteiger charge is -2.18. The van der Waals surface area contributed by atoms with Gasteiger partial charge < -0.3 is 14.2 Å². The molecule has 0 saturated heterocycles. The maximum absolute atomic E-state index is 12.8. The van der Waals surface area contributed by atoms with Gasteiger partial charge in [0.2, 0.25) is 0 Å². The number of hydrogen-bond acceptors (Lipinski definition) is 6. The standard InChI is InChI=1S/C67H126O6/c1-4-7-10-13-15-17-19-21-23-25-27-29-30-31-32-33-34-35-36-38-39-41-43-45-47-49-51-54-57-60-66(69)72-63-64(62-71-65(68)59-56-53-12-9-6-3)73-67(70)61-58-55-52-50-48-46-44-42-40-37-28-26-24-22-20-18-16-14-11-8-5-2/h19,21,25,27,64H,4-18,20,22-24,26,28-63H2,1-3H3/b21-19-,27-25-. The first kappa shape index (κ1) is 70.9. The monoisotopic (exact) mass is 1030 g/mol. The summed E-state index contributed by atoms with van der Waals surface area (Å²) >= 11 is 0. The highest BCUT2D eigenvalue weighted by Crippen LogP contribution is 2.18. The lowest BCUT2D eigenvalue weighted by Crippen LogP contribution is -2.30. The van der Waals surface area contributed by atoms with E-state index in [2.05, 4.69) is 45.1 Å². The quantitative estimate of drug-likeness (QED) is 0.0261. The van der Waals surface area contributed by atoms with Gasteiger partial charge in [-0.2, -0.15) is 0 Å². The number of carbonyl (C=O) groups is 3. The summed E-state index contributed by atoms with van der Waals surface area (Å²) in [6, 6.07) is 0. The maximum atomic E-state index is 12.8. The van der Waals surface area contributed by atoms with Gasteiger partial charge in [-0.25, -0.2) is 0 Å². The zero-order valence-corrected chi connectivity index (χ0v) is 49.4. The van der Waals surface area contributed by atoms with Crippen LogP contribution in [-0.4, -0.2) is 37.2 Å². The van der Waals surface area contributed by atoms with Crippen LogP contribution >= 0.6 is 0 Å². The topological polar surface area (TPSA) is 78.9 Å². The Bertz CT molecular complexity index is 1180. The van der Waals surface area contributed by atoms with Crippen LogP contribution in [-0.2, 0) is 28.6 Å². The summed E-state index contributed by atoms with van der Waals surface area (Å²) in [5.74, 6) is -0.854. The highest BCUT2D eigenvalue weighted by Gasteiger charge is 2.19. The fourth-order valence-corrected chi connectivity index (χ4v) is 10.0. The Kier molecular flexibility index (Phi) is 60.6. The minimum Gasteiger partial charge on any atom is -0.462 e. The van der Waals surface area contributed by atoms with Gasteiger partial charge in [-0.1, -0.05) is 321 Å². The summed E-state index contributed by atoms with van der Waals surface area (Å²) in [5, 5.41) is 0. The summed E-state index contributed by atoms with van der Waals surface area (Å²) in [7, 11) is 0. The van der Waals surface area contributed by atoms with Crippen LogP contribution in [0.15, 0.2) is 24.3 Å². The van der Waals surface area contributed by atoms with E-state index < -0.39 is 6.10 Å². The van der Waals surface area contributed by atoms with Crippen LogP contribution in [0.25, 0.3) is 0 Å². The van der Waals surface area contributed by atoms with Crippen molar-refractivity contribution in [3.05, 3.63) is 24.3 Å². The first-order chi connectivity index (χ1) is 36.0. The smallest absolute Gasteiger partial charge is 0.306 e. The van der Waals surface area contributed by atoms with Crippen LogP contribution in [0.4, 0.5) is 0 Å². The lowest BCUT2D eigenvalue weighted by molar-refractivity contribution is -0.167. The minimum atomic E-state index is -0.763. The van der Waals surface area contributed by atoms with Gasteiger partial charge in [-0.05, 0) is 51.4 Å². The molecule has 6 nitrogen and oxygen atoms in total. The molecule has 0 bridgehead atoms. The van der Waals surface area contributed by atoms with E-state index in [4.69, 9.17) is 14.2 Å². The molecule has 0 heterocycles. The Morgan fingerprint density at radius 3 is 0.753 bits per heavy atom. The molecule has 73 heavy (non-hydrogen) atoms. The molecule has 0 radical (unpaired) electrons. The molecule has 6 heteroatoms. The molecule has 0 rings (SSSR count). The van der Waals surface area contributed by atoms with E-state index in [0.717, 1.165) is 70.6 Å². The Morgan fingerprint density at radius 2 is 0.493 bits per heavy atom. The minimum absolute atomic E-state index is 0.0655. The van der Waals surface area contributed by atoms with Gasteiger partial charge in [-0.15, -0.1) is 0 Å². The van der Waals surface area contributed by atoms with Crippen molar-refractivity contribution >= 4 is 17.9 Å². The summed E-state index contributed by atoms with van der Waals surface area (Å²) < 4.78 is 16.8. The van der Waals surface area contributed by atoms with Crippen LogP contribution in [0.2, 0.25) is 0 Å². The van der Waals surface area contributed by atoms with Crippen LogP contribution < -0.4 is 0 Å². The van der Waals surface area contributed by atoms with E-state index in [1.807, 2.05) is 0 Å². The van der Waals surface area contributed by atoms with Gasteiger partial charge in [0.05, 0.1) is 0 Å². The number of carbonyl (C=O) groups excluding carboxylic acids is 3. The molecule has 0 fully saturated rings. The fraction of sp³-hybridized carbons (Fsp3) is 0.896. The molecule has 430 valence electrons. The third-order valence-electron chi connectivity index (χ3n) is 15.0. The summed E-state index contributed by atoms with van der Waals surface area (Å²) in [6.45, 7) is 6.61. The zero-order valence-electron chi connectivity index (χ0n) is 49.4. The third-order valence-corrected chi connectivity index (χ3v) is 15.0. The second-order valence-corrected chi connectivity index (χ2v) is 22.4. The number of ether oxygens (including phenoxy) is 3. The second-order valence-electron chi connectivity index (χ2n) is 22.4. The van der Waals surface area contributed by atoms with E-state index in [-0.39, 0.29) is 31.1 Å². The molecule has 0 aromatic heterocycles. The SMILES string of the molecule is CCCCCCC/C=C\C/C=C\CCCCCCCCCCCCCCCCCCCC(=O)OCC(COC(=O)CCCCCCC)OC(=O)CCCCCCCCCCCCCCCCCCCCCCC. The van der Waals surface area contributed by atoms with Gasteiger partial charge in [0, 0.05) is 19.3 Å². The average Bonchev–Trinajstić information content (AvgIpc) is 3.39. The Hall–Kier alpha value is -2.11. The molecule has 0 amide bonds. The zero-order chi connectivity index (χ0) is 52.9. The van der Waals surface area contributed by atoms with Gasteiger partial charge in [0.15, 0.2) is 6.10 Å². The summed E-state index contributed by atoms with van der Waals surface area (Å²) in [6.07, 6.45) is 75.4. The van der Waals surface area contributed by atoms with Crippen molar-refractivity contribution in [2.75, 3.05) is 13.2 Å². The van der Waals surface area contributed by atoms with Crippen LogP contribution in [0.5, 0.6) is 0 Å². The number of rotatable bonds is 61. The molecule has 0 aliphatic carbocycles. The van der Waals surface area contributed by atoms with Crippen molar-refractivity contribution in [1.29, 1.82) is 0 Å². The van der Waals surface area contributed by atoms with Crippen molar-refractivity contribution in [3.63, 3.8) is 0 Å². The van der Waals surface area contributed by atoms with Crippen LogP contribution in [0.1, 0.15) is 367 Å². The predicted molar refractivity (Wildman–Crippen MR) is 316 cm³/mol. The van der Waals surface area contributed by atoms with E-state index in [1.54, 1.807) is 0 Å². The number of hydrogen-bond donors (Lipinski definition) is 0. The van der Waals surface area contributed by atoms with E-state index >= 15 is 0 Å². The highest BCUT2D eigenvalue weighted by molar-refractivity contribution is 5.71. The molecule has 0 N–H and O–H groups in total. The first-order valence-corrected chi connectivity index (χ1v) is 32.8. The molecule has 0 aliphatic heterocycles. The Balaban J connectivity index is 3.94. The van der Waals surface area contributed by atoms with E-state index in [0.29, 0.717) is 19.3 Å². The Morgan fingerprint density at radius 1 is 0.274 bits per heavy atom. The predicted octanol–water partition coefficient (Wildman–Crippen LogP) is 22.2. The van der Waals surface area contributed by atoms with Crippen molar-refractivity contribution in [2.45, 2.75) is 374 Å². The van der Waals surface area contributed by atoms with Gasteiger partial charge in [0.25, 0.3) is 0 Å². The molecule has 0 aliphatic rings. The van der Waals surface area contributed by atoms with E-state index in [1.165, 1.54) is 257 Å². The van der Waals surface area contributed by atoms with Crippen LogP contribution in [0.3, 0.4) is 0 Å². The van der Waals surface area contributed by atoms with Gasteiger partial charge in [0.1, 0.15) is 13.2 Å². The third kappa shape index (κ3) is 60.6. The maximum Gasteiger partial charge on any atom is 0.306 e. The molecule has 0 spiro atoms. The average molecular weight is 1030 g/mol. The largest absolute Gasteiger partial charge is 0.462 e. The van der Waals surface area contributed by atoms with Crippen LogP contribution in [0, 0.1) is 0 Å². The molecule has 0 aromatic carbocycles. The number of allylic oxidation sites excluding steroid dienone is 4. The lowest BCUT2D eigenvalue weighted by atomic mass is 10.0. The van der Waals surface area contributed by atoms with Crippen molar-refractivity contribution < 1.29 is 28.6 Å². The van der Waals surface area contributed by atoms with E-state index in [9.17, 15) is 14.4 Å². The van der Waals surface area contributed by atoms with Crippen molar-refractivity contribution in [3.8, 4) is 0 Å². The van der Waals surface area contributed by atoms with Crippen molar-refractivity contribution in [1.82, 2.24) is 0 Å². The second kappa shape index (κ2) is 62.4. The van der Waals surface area contributed by atoms with Gasteiger partial charge >= 0.3 is 17.9 Å². The normalized spacial score (nSPS) is 12.1. The molecule has 0 saturated carbocycles. The number of esters is 3. The number of unbranched alkanes of at least 4 members (excludes halogenated alkanes) is 46. The summed E-state index contributed by atoms with van der Waals surface area (Å²) in [4.78, 5) is 37.9.